The van der Waals surface area contributed by atoms with E-state index in [9.17, 15) is 8.42 Å². The first kappa shape index (κ1) is 16.5. The molecule has 0 saturated carbocycles. The van der Waals surface area contributed by atoms with Crippen molar-refractivity contribution < 1.29 is 12.8 Å². The van der Waals surface area contributed by atoms with E-state index < -0.39 is 10.0 Å². The molecule has 0 bridgehead atoms. The van der Waals surface area contributed by atoms with Crippen LogP contribution in [-0.2, 0) is 10.0 Å². The van der Waals surface area contributed by atoms with Crippen molar-refractivity contribution in [3.05, 3.63) is 35.5 Å². The van der Waals surface area contributed by atoms with E-state index in [-0.39, 0.29) is 10.9 Å². The number of hydrogen-bond donors (Lipinski definition) is 1. The highest BCUT2D eigenvalue weighted by Gasteiger charge is 2.26. The predicted molar refractivity (Wildman–Crippen MR) is 91.6 cm³/mol. The van der Waals surface area contributed by atoms with Crippen LogP contribution in [0.2, 0.25) is 0 Å². The number of aromatic nitrogens is 3. The lowest BCUT2D eigenvalue weighted by molar-refractivity contribution is 0.514. The first-order valence-electron chi connectivity index (χ1n) is 7.65. The molecule has 2 aromatic heterocycles. The third-order valence-electron chi connectivity index (χ3n) is 3.79. The Balaban J connectivity index is 2.09. The molecular weight excluding hydrogens is 328 g/mol. The second-order valence-electron chi connectivity index (χ2n) is 6.03. The summed E-state index contributed by atoms with van der Waals surface area (Å²) >= 11 is 0. The number of aryl methyl sites for hydroxylation is 2. The summed E-state index contributed by atoms with van der Waals surface area (Å²) in [4.78, 5) is 4.46. The maximum Gasteiger partial charge on any atom is 0.265 e. The van der Waals surface area contributed by atoms with Gasteiger partial charge in [0.25, 0.3) is 10.0 Å². The summed E-state index contributed by atoms with van der Waals surface area (Å²) in [5, 5.41) is 4.35. The summed E-state index contributed by atoms with van der Waals surface area (Å²) in [6.45, 7) is 9.10. The number of nitrogens with one attached hydrogen (secondary N) is 1. The molecule has 24 heavy (non-hydrogen) atoms. The number of nitrogens with zero attached hydrogens (tertiary/aromatic N) is 3. The molecule has 8 heteroatoms. The van der Waals surface area contributed by atoms with Gasteiger partial charge in [-0.25, -0.2) is 13.4 Å². The number of rotatable bonds is 4. The predicted octanol–water partition coefficient (Wildman–Crippen LogP) is 3.33. The number of benzene rings is 1. The summed E-state index contributed by atoms with van der Waals surface area (Å²) in [7, 11) is -3.78. The number of hydrogen-bond acceptors (Lipinski definition) is 5. The van der Waals surface area contributed by atoms with Crippen LogP contribution in [0.3, 0.4) is 0 Å². The third-order valence-corrected chi connectivity index (χ3v) is 5.40. The fourth-order valence-corrected chi connectivity index (χ4v) is 4.35. The molecular formula is C16H20N4O3S. The molecule has 0 radical (unpaired) electrons. The van der Waals surface area contributed by atoms with Crippen molar-refractivity contribution in [3.63, 3.8) is 0 Å². The molecule has 0 fully saturated rings. The van der Waals surface area contributed by atoms with Gasteiger partial charge in [0.15, 0.2) is 11.5 Å². The van der Waals surface area contributed by atoms with Crippen LogP contribution in [0, 0.1) is 20.8 Å². The van der Waals surface area contributed by atoms with Gasteiger partial charge in [0.2, 0.25) is 0 Å². The Morgan fingerprint density at radius 2 is 1.92 bits per heavy atom. The largest absolute Gasteiger partial charge is 0.441 e. The highest BCUT2D eigenvalue weighted by atomic mass is 32.2. The minimum atomic E-state index is -3.78. The van der Waals surface area contributed by atoms with Gasteiger partial charge in [-0.3, -0.25) is 9.40 Å². The Kier molecular flexibility index (Phi) is 3.87. The molecule has 0 aliphatic heterocycles. The SMILES string of the molecule is Cc1nc2c(NS(=O)(=O)c3c(C)nn(C(C)C)c3C)cccc2o1. The minimum Gasteiger partial charge on any atom is -0.441 e. The Bertz CT molecular complexity index is 1020. The molecule has 0 spiro atoms. The van der Waals surface area contributed by atoms with Gasteiger partial charge in [-0.2, -0.15) is 5.10 Å². The smallest absolute Gasteiger partial charge is 0.265 e. The van der Waals surface area contributed by atoms with Crippen LogP contribution in [0.1, 0.15) is 37.2 Å². The Morgan fingerprint density at radius 1 is 1.21 bits per heavy atom. The van der Waals surface area contributed by atoms with E-state index in [1.54, 1.807) is 43.7 Å². The van der Waals surface area contributed by atoms with Crippen LogP contribution < -0.4 is 4.72 Å². The molecule has 1 aromatic carbocycles. The van der Waals surface area contributed by atoms with Gasteiger partial charge in [-0.15, -0.1) is 0 Å². The molecule has 0 saturated heterocycles. The molecule has 128 valence electrons. The fourth-order valence-electron chi connectivity index (χ4n) is 2.88. The minimum absolute atomic E-state index is 0.0780. The molecule has 3 rings (SSSR count). The Hall–Kier alpha value is -2.35. The van der Waals surface area contributed by atoms with E-state index in [0.717, 1.165) is 0 Å². The van der Waals surface area contributed by atoms with Crippen molar-refractivity contribution in [2.24, 2.45) is 0 Å². The summed E-state index contributed by atoms with van der Waals surface area (Å²) in [6.07, 6.45) is 0. The molecule has 0 unspecified atom stereocenters. The average molecular weight is 348 g/mol. The van der Waals surface area contributed by atoms with Gasteiger partial charge in [-0.05, 0) is 39.8 Å². The normalized spacial score (nSPS) is 12.2. The second-order valence-corrected chi connectivity index (χ2v) is 7.65. The van der Waals surface area contributed by atoms with E-state index in [0.29, 0.717) is 34.1 Å². The third kappa shape index (κ3) is 2.66. The summed E-state index contributed by atoms with van der Waals surface area (Å²) < 4.78 is 35.6. The van der Waals surface area contributed by atoms with E-state index in [4.69, 9.17) is 4.42 Å². The van der Waals surface area contributed by atoms with Gasteiger partial charge in [-0.1, -0.05) is 6.07 Å². The van der Waals surface area contributed by atoms with E-state index in [1.165, 1.54) is 0 Å². The van der Waals surface area contributed by atoms with Crippen LogP contribution in [0.15, 0.2) is 27.5 Å². The summed E-state index contributed by atoms with van der Waals surface area (Å²) in [5.41, 5.74) is 2.50. The van der Waals surface area contributed by atoms with Gasteiger partial charge in [0, 0.05) is 13.0 Å². The lowest BCUT2D eigenvalue weighted by atomic mass is 10.3. The van der Waals surface area contributed by atoms with Crippen LogP contribution in [-0.4, -0.2) is 23.2 Å². The first-order valence-corrected chi connectivity index (χ1v) is 9.13. The standard InChI is InChI=1S/C16H20N4O3S/c1-9(2)20-11(4)16(10(3)18-20)24(21,22)19-13-7-6-8-14-15(13)17-12(5)23-14/h6-9,19H,1-5H3. The molecule has 2 heterocycles. The van der Waals surface area contributed by atoms with Crippen LogP contribution >= 0.6 is 0 Å². The van der Waals surface area contributed by atoms with Gasteiger partial charge >= 0.3 is 0 Å². The number of sulfonamides is 1. The summed E-state index contributed by atoms with van der Waals surface area (Å²) in [5.74, 6) is 0.483. The summed E-state index contributed by atoms with van der Waals surface area (Å²) in [6, 6.07) is 5.22. The highest BCUT2D eigenvalue weighted by molar-refractivity contribution is 7.92. The average Bonchev–Trinajstić information content (AvgIpc) is 2.98. The van der Waals surface area contributed by atoms with Gasteiger partial charge in [0.05, 0.1) is 17.1 Å². The number of anilines is 1. The molecule has 0 amide bonds. The maximum absolute atomic E-state index is 12.9. The molecule has 3 aromatic rings. The van der Waals surface area contributed by atoms with Crippen molar-refractivity contribution >= 4 is 26.8 Å². The monoisotopic (exact) mass is 348 g/mol. The zero-order valence-electron chi connectivity index (χ0n) is 14.3. The molecule has 0 aliphatic rings. The lowest BCUT2D eigenvalue weighted by Gasteiger charge is -2.10. The number of fused-ring (bicyclic) bond motifs is 1. The van der Waals surface area contributed by atoms with Crippen molar-refractivity contribution in [2.75, 3.05) is 4.72 Å². The van der Waals surface area contributed by atoms with Gasteiger partial charge in [0.1, 0.15) is 10.4 Å². The topological polar surface area (TPSA) is 90.0 Å². The van der Waals surface area contributed by atoms with E-state index in [2.05, 4.69) is 14.8 Å². The van der Waals surface area contributed by atoms with Gasteiger partial charge < -0.3 is 4.42 Å². The molecule has 0 atom stereocenters. The Labute approximate surface area is 140 Å². The molecule has 1 N–H and O–H groups in total. The molecule has 0 aliphatic carbocycles. The number of oxazole rings is 1. The Morgan fingerprint density at radius 3 is 2.54 bits per heavy atom. The zero-order valence-corrected chi connectivity index (χ0v) is 15.1. The zero-order chi connectivity index (χ0) is 17.6. The highest BCUT2D eigenvalue weighted by Crippen LogP contribution is 2.28. The van der Waals surface area contributed by atoms with Crippen molar-refractivity contribution in [3.8, 4) is 0 Å². The van der Waals surface area contributed by atoms with E-state index in [1.807, 2.05) is 13.8 Å². The second kappa shape index (κ2) is 5.62. The number of para-hydroxylation sites is 1. The quantitative estimate of drug-likeness (QED) is 0.781. The first-order chi connectivity index (χ1) is 11.2. The van der Waals surface area contributed by atoms with E-state index >= 15 is 0 Å². The maximum atomic E-state index is 12.9. The van der Waals surface area contributed by atoms with Crippen LogP contribution in [0.25, 0.3) is 11.1 Å². The van der Waals surface area contributed by atoms with Crippen LogP contribution in [0.4, 0.5) is 5.69 Å². The van der Waals surface area contributed by atoms with Crippen molar-refractivity contribution in [1.29, 1.82) is 0 Å². The van der Waals surface area contributed by atoms with Crippen molar-refractivity contribution in [1.82, 2.24) is 14.8 Å². The molecule has 7 nitrogen and oxygen atoms in total. The fraction of sp³-hybridized carbons (Fsp3) is 0.375. The van der Waals surface area contributed by atoms with Crippen LogP contribution in [0.5, 0.6) is 0 Å². The lowest BCUT2D eigenvalue weighted by Crippen LogP contribution is -2.15. The van der Waals surface area contributed by atoms with Crippen molar-refractivity contribution in [2.45, 2.75) is 45.6 Å².